The highest BCUT2D eigenvalue weighted by Crippen LogP contribution is 2.35. The van der Waals surface area contributed by atoms with Crippen molar-refractivity contribution in [3.8, 4) is 22.6 Å². The predicted octanol–water partition coefficient (Wildman–Crippen LogP) is 4.47. The van der Waals surface area contributed by atoms with Crippen LogP contribution in [0.1, 0.15) is 34.7 Å². The standard InChI is InChI=1S/C23H20F3N7O/c1-12-11-32(16-6-4-15(5-7-16)23(24,25)26)22(34)20-17(10-29-33(12)20)19-13(2)30-21(31-19)14-3-8-18(27)28-9-14/h3-10,12H,11H2,1-2H3,(H2,27,28)(H,30,31)/t12-/m0/s1. The fourth-order valence-corrected chi connectivity index (χ4v) is 4.09. The molecule has 0 spiro atoms. The number of pyridine rings is 1. The molecule has 174 valence electrons. The molecule has 4 heterocycles. The van der Waals surface area contributed by atoms with Gasteiger partial charge in [-0.1, -0.05) is 0 Å². The molecule has 0 saturated heterocycles. The van der Waals surface area contributed by atoms with Gasteiger partial charge in [-0.3, -0.25) is 9.48 Å². The third-order valence-electron chi connectivity index (χ3n) is 5.81. The molecule has 1 aliphatic heterocycles. The monoisotopic (exact) mass is 467 g/mol. The first kappa shape index (κ1) is 21.7. The van der Waals surface area contributed by atoms with E-state index in [4.69, 9.17) is 5.73 Å². The highest BCUT2D eigenvalue weighted by atomic mass is 19.4. The number of aryl methyl sites for hydroxylation is 1. The van der Waals surface area contributed by atoms with Crippen LogP contribution in [-0.4, -0.2) is 37.2 Å². The molecule has 0 aliphatic carbocycles. The Morgan fingerprint density at radius 2 is 1.85 bits per heavy atom. The Bertz CT molecular complexity index is 1370. The molecule has 0 saturated carbocycles. The molecule has 5 rings (SSSR count). The van der Waals surface area contributed by atoms with Crippen LogP contribution in [0, 0.1) is 6.92 Å². The average Bonchev–Trinajstić information content (AvgIpc) is 3.40. The number of nitrogens with zero attached hydrogens (tertiary/aromatic N) is 5. The van der Waals surface area contributed by atoms with Crippen LogP contribution in [0.15, 0.2) is 48.8 Å². The zero-order valence-corrected chi connectivity index (χ0v) is 18.3. The van der Waals surface area contributed by atoms with E-state index in [1.807, 2.05) is 13.8 Å². The number of carbonyl (C=O) groups excluding carboxylic acids is 1. The molecule has 0 fully saturated rings. The maximum atomic E-state index is 13.5. The number of hydrogen-bond donors (Lipinski definition) is 2. The van der Waals surface area contributed by atoms with Crippen molar-refractivity contribution < 1.29 is 18.0 Å². The second-order valence-electron chi connectivity index (χ2n) is 8.19. The van der Waals surface area contributed by atoms with Crippen LogP contribution in [0.5, 0.6) is 0 Å². The van der Waals surface area contributed by atoms with Crippen LogP contribution in [0.25, 0.3) is 22.6 Å². The fourth-order valence-electron chi connectivity index (χ4n) is 4.09. The van der Waals surface area contributed by atoms with Gasteiger partial charge in [0, 0.05) is 29.7 Å². The minimum absolute atomic E-state index is 0.191. The van der Waals surface area contributed by atoms with E-state index in [9.17, 15) is 18.0 Å². The molecule has 1 aliphatic rings. The lowest BCUT2D eigenvalue weighted by Gasteiger charge is -2.32. The summed E-state index contributed by atoms with van der Waals surface area (Å²) in [4.78, 5) is 26.9. The molecule has 3 N–H and O–H groups in total. The highest BCUT2D eigenvalue weighted by molar-refractivity contribution is 6.09. The van der Waals surface area contributed by atoms with Crippen molar-refractivity contribution in [3.05, 3.63) is 65.7 Å². The number of carbonyl (C=O) groups is 1. The quantitative estimate of drug-likeness (QED) is 0.463. The van der Waals surface area contributed by atoms with Crippen molar-refractivity contribution in [1.82, 2.24) is 24.7 Å². The summed E-state index contributed by atoms with van der Waals surface area (Å²) in [6, 6.07) is 7.84. The van der Waals surface area contributed by atoms with E-state index in [-0.39, 0.29) is 18.5 Å². The normalized spacial score (nSPS) is 16.1. The van der Waals surface area contributed by atoms with E-state index >= 15 is 0 Å². The second kappa shape index (κ2) is 7.72. The van der Waals surface area contributed by atoms with Crippen molar-refractivity contribution in [3.63, 3.8) is 0 Å². The van der Waals surface area contributed by atoms with Gasteiger partial charge in [-0.2, -0.15) is 18.3 Å². The molecule has 0 unspecified atom stereocenters. The summed E-state index contributed by atoms with van der Waals surface area (Å²) in [5, 5.41) is 4.41. The Kier molecular flexibility index (Phi) is 4.92. The first-order valence-electron chi connectivity index (χ1n) is 10.5. The number of aromatic amines is 1. The Morgan fingerprint density at radius 3 is 2.50 bits per heavy atom. The highest BCUT2D eigenvalue weighted by Gasteiger charge is 2.36. The number of rotatable bonds is 3. The third-order valence-corrected chi connectivity index (χ3v) is 5.81. The SMILES string of the molecule is Cc1[nH]c(-c2ccc(N)nc2)nc1-c1cnn2c1C(=O)N(c1ccc(C(F)(F)F)cc1)C[C@@H]2C. The molecule has 1 amide bonds. The van der Waals surface area contributed by atoms with E-state index in [0.29, 0.717) is 34.3 Å². The lowest BCUT2D eigenvalue weighted by Crippen LogP contribution is -2.42. The van der Waals surface area contributed by atoms with Crippen LogP contribution in [0.3, 0.4) is 0 Å². The van der Waals surface area contributed by atoms with Gasteiger partial charge in [0.2, 0.25) is 0 Å². The summed E-state index contributed by atoms with van der Waals surface area (Å²) in [7, 11) is 0. The zero-order valence-electron chi connectivity index (χ0n) is 18.3. The maximum Gasteiger partial charge on any atom is 0.416 e. The molecule has 11 heteroatoms. The third kappa shape index (κ3) is 3.58. The van der Waals surface area contributed by atoms with Gasteiger partial charge in [-0.05, 0) is 50.2 Å². The van der Waals surface area contributed by atoms with Gasteiger partial charge in [-0.25, -0.2) is 9.97 Å². The maximum absolute atomic E-state index is 13.5. The van der Waals surface area contributed by atoms with Gasteiger partial charge in [-0.15, -0.1) is 0 Å². The van der Waals surface area contributed by atoms with Gasteiger partial charge < -0.3 is 15.6 Å². The lowest BCUT2D eigenvalue weighted by molar-refractivity contribution is -0.137. The summed E-state index contributed by atoms with van der Waals surface area (Å²) in [5.74, 6) is 0.597. The number of halogens is 3. The van der Waals surface area contributed by atoms with E-state index in [1.165, 1.54) is 17.0 Å². The molecule has 3 aromatic heterocycles. The summed E-state index contributed by atoms with van der Waals surface area (Å²) in [6.07, 6.45) is -1.25. The number of nitrogens with two attached hydrogens (primary N) is 1. The number of fused-ring (bicyclic) bond motifs is 1. The van der Waals surface area contributed by atoms with Crippen molar-refractivity contribution in [2.75, 3.05) is 17.2 Å². The number of imidazole rings is 1. The lowest BCUT2D eigenvalue weighted by atomic mass is 10.1. The molecule has 8 nitrogen and oxygen atoms in total. The van der Waals surface area contributed by atoms with Gasteiger partial charge in [0.25, 0.3) is 5.91 Å². The number of aromatic nitrogens is 5. The second-order valence-corrected chi connectivity index (χ2v) is 8.19. The van der Waals surface area contributed by atoms with Crippen LogP contribution < -0.4 is 10.6 Å². The topological polar surface area (TPSA) is 106 Å². The molecule has 1 aromatic carbocycles. The van der Waals surface area contributed by atoms with E-state index < -0.39 is 11.7 Å². The van der Waals surface area contributed by atoms with Crippen molar-refractivity contribution in [2.45, 2.75) is 26.1 Å². The van der Waals surface area contributed by atoms with Gasteiger partial charge in [0.1, 0.15) is 17.3 Å². The van der Waals surface area contributed by atoms with Gasteiger partial charge in [0.05, 0.1) is 29.1 Å². The Morgan fingerprint density at radius 1 is 1.12 bits per heavy atom. The molecular weight excluding hydrogens is 447 g/mol. The minimum atomic E-state index is -4.45. The molecule has 34 heavy (non-hydrogen) atoms. The number of benzene rings is 1. The van der Waals surface area contributed by atoms with Crippen LogP contribution in [-0.2, 0) is 6.18 Å². The number of amides is 1. The largest absolute Gasteiger partial charge is 0.416 e. The first-order valence-corrected chi connectivity index (χ1v) is 10.5. The van der Waals surface area contributed by atoms with Crippen molar-refractivity contribution in [2.24, 2.45) is 0 Å². The minimum Gasteiger partial charge on any atom is -0.384 e. The summed E-state index contributed by atoms with van der Waals surface area (Å²) >= 11 is 0. The molecule has 1 atom stereocenters. The summed E-state index contributed by atoms with van der Waals surface area (Å²) < 4.78 is 40.5. The van der Waals surface area contributed by atoms with Crippen LogP contribution >= 0.6 is 0 Å². The summed E-state index contributed by atoms with van der Waals surface area (Å²) in [5.41, 5.74) is 8.17. The average molecular weight is 467 g/mol. The first-order chi connectivity index (χ1) is 16.1. The Labute approximate surface area is 192 Å². The smallest absolute Gasteiger partial charge is 0.384 e. The zero-order chi connectivity index (χ0) is 24.2. The van der Waals surface area contributed by atoms with Gasteiger partial charge >= 0.3 is 6.18 Å². The number of hydrogen-bond acceptors (Lipinski definition) is 5. The number of H-pyrrole nitrogens is 1. The number of alkyl halides is 3. The molecule has 0 radical (unpaired) electrons. The fraction of sp³-hybridized carbons (Fsp3) is 0.217. The number of nitrogen functional groups attached to an aromatic ring is 1. The van der Waals surface area contributed by atoms with Crippen LogP contribution in [0.2, 0.25) is 0 Å². The van der Waals surface area contributed by atoms with E-state index in [0.717, 1.165) is 23.4 Å². The van der Waals surface area contributed by atoms with Crippen LogP contribution in [0.4, 0.5) is 24.7 Å². The number of anilines is 2. The predicted molar refractivity (Wildman–Crippen MR) is 120 cm³/mol. The summed E-state index contributed by atoms with van der Waals surface area (Å²) in [6.45, 7) is 4.01. The Hall–Kier alpha value is -4.15. The van der Waals surface area contributed by atoms with Crippen molar-refractivity contribution in [1.29, 1.82) is 0 Å². The van der Waals surface area contributed by atoms with Gasteiger partial charge in [0.15, 0.2) is 0 Å². The van der Waals surface area contributed by atoms with Crippen molar-refractivity contribution >= 4 is 17.4 Å². The van der Waals surface area contributed by atoms with E-state index in [1.54, 1.807) is 29.2 Å². The Balaban J connectivity index is 1.53. The number of nitrogens with one attached hydrogen (secondary N) is 1. The molecule has 0 bridgehead atoms. The molecule has 4 aromatic rings. The molecular formula is C23H20F3N7O. The van der Waals surface area contributed by atoms with E-state index in [2.05, 4.69) is 20.1 Å².